The number of ether oxygens (including phenoxy) is 3. The van der Waals surface area contributed by atoms with E-state index in [4.69, 9.17) is 27.5 Å². The summed E-state index contributed by atoms with van der Waals surface area (Å²) in [6, 6.07) is 0.759. The maximum absolute atomic E-state index is 5.90. The molecule has 0 heterocycles. The summed E-state index contributed by atoms with van der Waals surface area (Å²) in [5, 5.41) is 0.886. The standard InChI is InChI=1S/C12H27BrO6Si/c1-14-6-9-17-20(12-4-5-13,18-10-7-15-2)19-11-8-16-3/h4-12H2,1-3H3. The maximum Gasteiger partial charge on any atom is 0.501 e. The number of methoxy groups -OCH3 is 3. The van der Waals surface area contributed by atoms with Gasteiger partial charge in [-0.05, 0) is 6.42 Å². The van der Waals surface area contributed by atoms with Gasteiger partial charge in [-0.2, -0.15) is 0 Å². The van der Waals surface area contributed by atoms with E-state index in [1.165, 1.54) is 0 Å². The number of rotatable bonds is 15. The molecule has 0 aromatic heterocycles. The molecule has 0 saturated heterocycles. The lowest BCUT2D eigenvalue weighted by atomic mass is 10.6. The monoisotopic (exact) mass is 374 g/mol. The summed E-state index contributed by atoms with van der Waals surface area (Å²) in [6.07, 6.45) is 0.930. The minimum atomic E-state index is -2.70. The van der Waals surface area contributed by atoms with Crippen LogP contribution in [0.2, 0.25) is 6.04 Å². The van der Waals surface area contributed by atoms with Gasteiger partial charge in [0.25, 0.3) is 0 Å². The fraction of sp³-hybridized carbons (Fsp3) is 1.00. The summed E-state index contributed by atoms with van der Waals surface area (Å²) in [6.45, 7) is 2.94. The van der Waals surface area contributed by atoms with Crippen LogP contribution in [-0.4, -0.2) is 75.1 Å². The van der Waals surface area contributed by atoms with Crippen LogP contribution in [0.25, 0.3) is 0 Å². The zero-order valence-electron chi connectivity index (χ0n) is 12.7. The Kier molecular flexibility index (Phi) is 14.7. The topological polar surface area (TPSA) is 55.4 Å². The Hall–Kier alpha value is 0.457. The summed E-state index contributed by atoms with van der Waals surface area (Å²) in [7, 11) is 2.23. The molecule has 0 bridgehead atoms. The second-order valence-corrected chi connectivity index (χ2v) is 7.52. The van der Waals surface area contributed by atoms with E-state index >= 15 is 0 Å². The van der Waals surface area contributed by atoms with E-state index in [1.807, 2.05) is 0 Å². The van der Waals surface area contributed by atoms with E-state index in [9.17, 15) is 0 Å². The first-order valence-electron chi connectivity index (χ1n) is 6.69. The van der Waals surface area contributed by atoms with E-state index in [-0.39, 0.29) is 0 Å². The molecule has 8 heteroatoms. The fourth-order valence-electron chi connectivity index (χ4n) is 1.47. The summed E-state index contributed by atoms with van der Waals surface area (Å²) in [5.74, 6) is 0. The average Bonchev–Trinajstić information content (AvgIpc) is 2.46. The number of halogens is 1. The predicted molar refractivity (Wildman–Crippen MR) is 82.5 cm³/mol. The predicted octanol–water partition coefficient (Wildman–Crippen LogP) is 1.70. The van der Waals surface area contributed by atoms with Crippen molar-refractivity contribution in [3.05, 3.63) is 0 Å². The van der Waals surface area contributed by atoms with Crippen LogP contribution in [-0.2, 0) is 27.5 Å². The van der Waals surface area contributed by atoms with Gasteiger partial charge in [0.05, 0.1) is 39.6 Å². The third kappa shape index (κ3) is 10.2. The Labute approximate surface area is 131 Å². The molecule has 0 unspecified atom stereocenters. The quantitative estimate of drug-likeness (QED) is 0.247. The maximum atomic E-state index is 5.90. The van der Waals surface area contributed by atoms with Crippen molar-refractivity contribution in [3.8, 4) is 0 Å². The number of alkyl halides is 1. The van der Waals surface area contributed by atoms with Crippen molar-refractivity contribution >= 4 is 24.7 Å². The molecule has 0 amide bonds. The summed E-state index contributed by atoms with van der Waals surface area (Å²) >= 11 is 3.43. The molecule has 6 nitrogen and oxygen atoms in total. The van der Waals surface area contributed by atoms with Crippen LogP contribution in [0, 0.1) is 0 Å². The molecule has 0 aliphatic carbocycles. The van der Waals surface area contributed by atoms with Gasteiger partial charge in [0.1, 0.15) is 0 Å². The first kappa shape index (κ1) is 20.5. The van der Waals surface area contributed by atoms with Crippen LogP contribution in [0.1, 0.15) is 6.42 Å². The van der Waals surface area contributed by atoms with Gasteiger partial charge in [-0.25, -0.2) is 0 Å². The summed E-state index contributed by atoms with van der Waals surface area (Å²) in [4.78, 5) is 0. The van der Waals surface area contributed by atoms with Gasteiger partial charge >= 0.3 is 8.80 Å². The van der Waals surface area contributed by atoms with Crippen molar-refractivity contribution in [1.82, 2.24) is 0 Å². The number of hydrogen-bond donors (Lipinski definition) is 0. The van der Waals surface area contributed by atoms with E-state index in [0.717, 1.165) is 17.8 Å². The number of hydrogen-bond acceptors (Lipinski definition) is 6. The summed E-state index contributed by atoms with van der Waals surface area (Å²) < 4.78 is 32.8. The van der Waals surface area contributed by atoms with Crippen LogP contribution in [0.3, 0.4) is 0 Å². The largest absolute Gasteiger partial charge is 0.501 e. The van der Waals surface area contributed by atoms with E-state index in [2.05, 4.69) is 15.9 Å². The lowest BCUT2D eigenvalue weighted by molar-refractivity contribution is 0.0146. The molecular formula is C12H27BrO6Si. The van der Waals surface area contributed by atoms with Crippen LogP contribution in [0.15, 0.2) is 0 Å². The van der Waals surface area contributed by atoms with Crippen molar-refractivity contribution in [1.29, 1.82) is 0 Å². The first-order chi connectivity index (χ1) is 9.74. The van der Waals surface area contributed by atoms with Crippen molar-refractivity contribution in [2.75, 3.05) is 66.3 Å². The van der Waals surface area contributed by atoms with Gasteiger partial charge in [-0.1, -0.05) is 15.9 Å². The van der Waals surface area contributed by atoms with Crippen LogP contribution in [0.4, 0.5) is 0 Å². The van der Waals surface area contributed by atoms with Crippen LogP contribution < -0.4 is 0 Å². The lowest BCUT2D eigenvalue weighted by Gasteiger charge is -2.29. The highest BCUT2D eigenvalue weighted by Crippen LogP contribution is 2.19. The van der Waals surface area contributed by atoms with Crippen LogP contribution in [0.5, 0.6) is 0 Å². The molecule has 0 fully saturated rings. The molecule has 0 aromatic carbocycles. The molecule has 0 rings (SSSR count). The molecule has 0 radical (unpaired) electrons. The Balaban J connectivity index is 4.48. The van der Waals surface area contributed by atoms with Gasteiger partial charge in [-0.15, -0.1) is 0 Å². The van der Waals surface area contributed by atoms with Crippen molar-refractivity contribution < 1.29 is 27.5 Å². The SMILES string of the molecule is COCCO[Si](CCCBr)(OCCOC)OCCOC. The van der Waals surface area contributed by atoms with Crippen LogP contribution >= 0.6 is 15.9 Å². The zero-order valence-corrected chi connectivity index (χ0v) is 15.3. The summed E-state index contributed by atoms with van der Waals surface area (Å²) in [5.41, 5.74) is 0. The Morgan fingerprint density at radius 3 is 1.40 bits per heavy atom. The minimum absolute atomic E-state index is 0.463. The Bertz CT molecular complexity index is 184. The second-order valence-electron chi connectivity index (χ2n) is 4.00. The third-order valence-electron chi connectivity index (χ3n) is 2.44. The Morgan fingerprint density at radius 2 is 1.10 bits per heavy atom. The highest BCUT2D eigenvalue weighted by molar-refractivity contribution is 9.09. The molecule has 0 spiro atoms. The second kappa shape index (κ2) is 14.4. The molecule has 0 aliphatic rings. The molecular weight excluding hydrogens is 348 g/mol. The average molecular weight is 375 g/mol. The molecule has 0 N–H and O–H groups in total. The molecule has 20 heavy (non-hydrogen) atoms. The van der Waals surface area contributed by atoms with Gasteiger partial charge < -0.3 is 27.5 Å². The highest BCUT2D eigenvalue weighted by Gasteiger charge is 2.40. The molecule has 0 saturated carbocycles. The van der Waals surface area contributed by atoms with E-state index in [0.29, 0.717) is 39.6 Å². The Morgan fingerprint density at radius 1 is 0.700 bits per heavy atom. The van der Waals surface area contributed by atoms with Gasteiger partial charge in [0, 0.05) is 32.7 Å². The van der Waals surface area contributed by atoms with E-state index < -0.39 is 8.80 Å². The third-order valence-corrected chi connectivity index (χ3v) is 5.90. The fourth-order valence-corrected chi connectivity index (χ4v) is 4.74. The van der Waals surface area contributed by atoms with Gasteiger partial charge in [0.15, 0.2) is 0 Å². The van der Waals surface area contributed by atoms with Crippen molar-refractivity contribution in [3.63, 3.8) is 0 Å². The van der Waals surface area contributed by atoms with Gasteiger partial charge in [0.2, 0.25) is 0 Å². The molecule has 0 aliphatic heterocycles. The normalized spacial score (nSPS) is 12.0. The van der Waals surface area contributed by atoms with Gasteiger partial charge in [-0.3, -0.25) is 0 Å². The van der Waals surface area contributed by atoms with Crippen molar-refractivity contribution in [2.45, 2.75) is 12.5 Å². The molecule has 0 atom stereocenters. The smallest absolute Gasteiger partial charge is 0.382 e. The van der Waals surface area contributed by atoms with Crippen molar-refractivity contribution in [2.24, 2.45) is 0 Å². The lowest BCUT2D eigenvalue weighted by Crippen LogP contribution is -2.48. The molecule has 0 aromatic rings. The molecule has 122 valence electrons. The zero-order chi connectivity index (χ0) is 15.1. The van der Waals surface area contributed by atoms with E-state index in [1.54, 1.807) is 21.3 Å². The highest BCUT2D eigenvalue weighted by atomic mass is 79.9. The minimum Gasteiger partial charge on any atom is -0.382 e. The first-order valence-corrected chi connectivity index (χ1v) is 9.74.